The summed E-state index contributed by atoms with van der Waals surface area (Å²) in [6, 6.07) is 7.57. The Morgan fingerprint density at radius 1 is 1.20 bits per heavy atom. The Morgan fingerprint density at radius 2 is 1.87 bits per heavy atom. The molecule has 1 aromatic rings. The van der Waals surface area contributed by atoms with Gasteiger partial charge in [0, 0.05) is 13.0 Å². The third-order valence-electron chi connectivity index (χ3n) is 2.08. The molecule has 0 saturated heterocycles. The number of rotatable bonds is 5. The minimum absolute atomic E-state index is 0.0714. The van der Waals surface area contributed by atoms with Crippen molar-refractivity contribution in [2.45, 2.75) is 19.3 Å². The SMILES string of the molecule is NC/C=C/c1ccc(CCC(F)F)cc1. The quantitative estimate of drug-likeness (QED) is 0.796. The van der Waals surface area contributed by atoms with Gasteiger partial charge in [-0.15, -0.1) is 0 Å². The van der Waals surface area contributed by atoms with Gasteiger partial charge in [0.1, 0.15) is 0 Å². The lowest BCUT2D eigenvalue weighted by Crippen LogP contribution is -1.94. The molecule has 1 aromatic carbocycles. The molecule has 0 aromatic heterocycles. The Morgan fingerprint density at radius 3 is 2.40 bits per heavy atom. The molecular formula is C12H15F2N. The van der Waals surface area contributed by atoms with Crippen molar-refractivity contribution in [2.75, 3.05) is 6.54 Å². The monoisotopic (exact) mass is 211 g/mol. The molecule has 1 rings (SSSR count). The molecule has 1 nitrogen and oxygen atoms in total. The maximum Gasteiger partial charge on any atom is 0.239 e. The van der Waals surface area contributed by atoms with Crippen LogP contribution in [-0.2, 0) is 6.42 Å². The second-order valence-electron chi connectivity index (χ2n) is 3.31. The average molecular weight is 211 g/mol. The Hall–Kier alpha value is -1.22. The molecule has 0 bridgehead atoms. The van der Waals surface area contributed by atoms with Crippen molar-refractivity contribution in [3.63, 3.8) is 0 Å². The van der Waals surface area contributed by atoms with Crippen molar-refractivity contribution >= 4 is 6.08 Å². The number of hydrogen-bond acceptors (Lipinski definition) is 1. The summed E-state index contributed by atoms with van der Waals surface area (Å²) in [5.74, 6) is 0. The van der Waals surface area contributed by atoms with Gasteiger partial charge in [0.05, 0.1) is 0 Å². The second-order valence-corrected chi connectivity index (χ2v) is 3.31. The highest BCUT2D eigenvalue weighted by molar-refractivity contribution is 5.49. The molecule has 0 fully saturated rings. The first-order valence-corrected chi connectivity index (χ1v) is 4.96. The van der Waals surface area contributed by atoms with Crippen molar-refractivity contribution in [1.29, 1.82) is 0 Å². The minimum Gasteiger partial charge on any atom is -0.327 e. The van der Waals surface area contributed by atoms with E-state index in [4.69, 9.17) is 5.73 Å². The van der Waals surface area contributed by atoms with Gasteiger partial charge in [-0.2, -0.15) is 0 Å². The average Bonchev–Trinajstić information content (AvgIpc) is 2.25. The zero-order chi connectivity index (χ0) is 11.1. The molecule has 0 spiro atoms. The summed E-state index contributed by atoms with van der Waals surface area (Å²) in [6.07, 6.45) is 1.91. The first kappa shape index (κ1) is 11.9. The molecule has 0 atom stereocenters. The molecular weight excluding hydrogens is 196 g/mol. The van der Waals surface area contributed by atoms with Gasteiger partial charge in [-0.1, -0.05) is 36.4 Å². The fraction of sp³-hybridized carbons (Fsp3) is 0.333. The van der Waals surface area contributed by atoms with Gasteiger partial charge in [0.15, 0.2) is 0 Å². The molecule has 0 saturated carbocycles. The highest BCUT2D eigenvalue weighted by Gasteiger charge is 2.02. The molecule has 3 heteroatoms. The maximum atomic E-state index is 11.9. The Bertz CT molecular complexity index is 304. The molecule has 82 valence electrons. The maximum absolute atomic E-state index is 11.9. The fourth-order valence-corrected chi connectivity index (χ4v) is 1.28. The summed E-state index contributed by atoms with van der Waals surface area (Å²) in [6.45, 7) is 0.507. The molecule has 0 radical (unpaired) electrons. The Kier molecular flexibility index (Phi) is 4.98. The van der Waals surface area contributed by atoms with E-state index in [0.29, 0.717) is 13.0 Å². The van der Waals surface area contributed by atoms with Gasteiger partial charge in [-0.3, -0.25) is 0 Å². The molecule has 0 aliphatic carbocycles. The molecule has 0 unspecified atom stereocenters. The van der Waals surface area contributed by atoms with E-state index in [1.54, 1.807) is 0 Å². The number of hydrogen-bond donors (Lipinski definition) is 1. The lowest BCUT2D eigenvalue weighted by molar-refractivity contribution is 0.138. The van der Waals surface area contributed by atoms with Crippen molar-refractivity contribution in [1.82, 2.24) is 0 Å². The van der Waals surface area contributed by atoms with Crippen LogP contribution in [0.4, 0.5) is 8.78 Å². The first-order valence-electron chi connectivity index (χ1n) is 4.96. The van der Waals surface area contributed by atoms with Crippen molar-refractivity contribution < 1.29 is 8.78 Å². The number of nitrogens with two attached hydrogens (primary N) is 1. The van der Waals surface area contributed by atoms with Crippen LogP contribution in [0.15, 0.2) is 30.3 Å². The predicted molar refractivity (Wildman–Crippen MR) is 58.9 cm³/mol. The van der Waals surface area contributed by atoms with Crippen LogP contribution in [0.1, 0.15) is 17.5 Å². The molecule has 15 heavy (non-hydrogen) atoms. The van der Waals surface area contributed by atoms with E-state index >= 15 is 0 Å². The standard InChI is InChI=1S/C12H15F2N/c13-12(14)8-7-11-5-3-10(4-6-11)2-1-9-15/h1-6,12H,7-9,15H2/b2-1+. The van der Waals surface area contributed by atoms with Gasteiger partial charge >= 0.3 is 0 Å². The van der Waals surface area contributed by atoms with E-state index in [-0.39, 0.29) is 6.42 Å². The van der Waals surface area contributed by atoms with E-state index in [0.717, 1.165) is 11.1 Å². The van der Waals surface area contributed by atoms with E-state index in [2.05, 4.69) is 0 Å². The summed E-state index contributed by atoms with van der Waals surface area (Å²) >= 11 is 0. The largest absolute Gasteiger partial charge is 0.327 e. The van der Waals surface area contributed by atoms with Crippen LogP contribution in [0.2, 0.25) is 0 Å². The summed E-state index contributed by atoms with van der Waals surface area (Å²) in [7, 11) is 0. The summed E-state index contributed by atoms with van der Waals surface area (Å²) < 4.78 is 23.9. The van der Waals surface area contributed by atoms with Crippen LogP contribution in [0.5, 0.6) is 0 Å². The third kappa shape index (κ3) is 4.70. The van der Waals surface area contributed by atoms with Gasteiger partial charge < -0.3 is 5.73 Å². The van der Waals surface area contributed by atoms with Crippen LogP contribution in [0.3, 0.4) is 0 Å². The van der Waals surface area contributed by atoms with Crippen LogP contribution < -0.4 is 5.73 Å². The number of aryl methyl sites for hydroxylation is 1. The number of alkyl halides is 2. The predicted octanol–water partition coefficient (Wildman–Crippen LogP) is 2.86. The Balaban J connectivity index is 2.52. The summed E-state index contributed by atoms with van der Waals surface area (Å²) in [5.41, 5.74) is 7.30. The fourth-order valence-electron chi connectivity index (χ4n) is 1.28. The van der Waals surface area contributed by atoms with Crippen molar-refractivity contribution in [3.8, 4) is 0 Å². The van der Waals surface area contributed by atoms with Gasteiger partial charge in [0.2, 0.25) is 6.43 Å². The second kappa shape index (κ2) is 6.30. The number of benzene rings is 1. The van der Waals surface area contributed by atoms with E-state index in [1.165, 1.54) is 0 Å². The molecule has 2 N–H and O–H groups in total. The van der Waals surface area contributed by atoms with Gasteiger partial charge in [0.25, 0.3) is 0 Å². The van der Waals surface area contributed by atoms with Crippen LogP contribution in [0.25, 0.3) is 6.08 Å². The lowest BCUT2D eigenvalue weighted by atomic mass is 10.1. The highest BCUT2D eigenvalue weighted by Crippen LogP contribution is 2.10. The molecule has 0 heterocycles. The van der Waals surface area contributed by atoms with Crippen molar-refractivity contribution in [3.05, 3.63) is 41.5 Å². The topological polar surface area (TPSA) is 26.0 Å². The Labute approximate surface area is 88.6 Å². The molecule has 0 aliphatic rings. The van der Waals surface area contributed by atoms with E-state index in [9.17, 15) is 8.78 Å². The zero-order valence-electron chi connectivity index (χ0n) is 8.50. The lowest BCUT2D eigenvalue weighted by Gasteiger charge is -2.01. The highest BCUT2D eigenvalue weighted by atomic mass is 19.3. The number of halogens is 2. The van der Waals surface area contributed by atoms with E-state index in [1.807, 2.05) is 36.4 Å². The summed E-state index contributed by atoms with van der Waals surface area (Å²) in [5, 5.41) is 0. The van der Waals surface area contributed by atoms with E-state index < -0.39 is 6.43 Å². The van der Waals surface area contributed by atoms with Crippen LogP contribution >= 0.6 is 0 Å². The third-order valence-corrected chi connectivity index (χ3v) is 2.08. The van der Waals surface area contributed by atoms with Crippen LogP contribution in [-0.4, -0.2) is 13.0 Å². The van der Waals surface area contributed by atoms with Crippen molar-refractivity contribution in [2.24, 2.45) is 5.73 Å². The smallest absolute Gasteiger partial charge is 0.239 e. The first-order chi connectivity index (χ1) is 7.22. The molecule has 0 aliphatic heterocycles. The molecule has 0 amide bonds. The van der Waals surface area contributed by atoms with Gasteiger partial charge in [-0.25, -0.2) is 8.78 Å². The zero-order valence-corrected chi connectivity index (χ0v) is 8.50. The van der Waals surface area contributed by atoms with Crippen LogP contribution in [0, 0.1) is 0 Å². The van der Waals surface area contributed by atoms with Gasteiger partial charge in [-0.05, 0) is 17.5 Å². The minimum atomic E-state index is -2.22. The summed E-state index contributed by atoms with van der Waals surface area (Å²) in [4.78, 5) is 0. The normalized spacial score (nSPS) is 11.5.